The molecule has 1 aromatic carbocycles. The van der Waals surface area contributed by atoms with Gasteiger partial charge >= 0.3 is 0 Å². The SMILES string of the molecule is C[C@@H]1CNCCN1C(=O)c1cccc(-c2cscn2)c1.Cl.Cl. The van der Waals surface area contributed by atoms with E-state index in [1.165, 1.54) is 0 Å². The molecule has 2 heterocycles. The van der Waals surface area contributed by atoms with E-state index < -0.39 is 0 Å². The van der Waals surface area contributed by atoms with Crippen LogP contribution in [-0.2, 0) is 0 Å². The highest BCUT2D eigenvalue weighted by atomic mass is 35.5. The van der Waals surface area contributed by atoms with Crippen LogP contribution in [0.3, 0.4) is 0 Å². The van der Waals surface area contributed by atoms with Crippen molar-refractivity contribution in [3.63, 3.8) is 0 Å². The molecule has 0 spiro atoms. The fourth-order valence-corrected chi connectivity index (χ4v) is 3.04. The molecule has 1 amide bonds. The number of carbonyl (C=O) groups is 1. The molecule has 1 saturated heterocycles. The Morgan fingerprint density at radius 2 is 2.23 bits per heavy atom. The number of carbonyl (C=O) groups excluding carboxylic acids is 1. The van der Waals surface area contributed by atoms with Crippen LogP contribution in [0, 0.1) is 0 Å². The van der Waals surface area contributed by atoms with E-state index in [4.69, 9.17) is 0 Å². The van der Waals surface area contributed by atoms with E-state index in [9.17, 15) is 4.79 Å². The van der Waals surface area contributed by atoms with Crippen LogP contribution in [0.2, 0.25) is 0 Å². The van der Waals surface area contributed by atoms with Gasteiger partial charge in [0.25, 0.3) is 5.91 Å². The molecule has 3 rings (SSSR count). The molecule has 7 heteroatoms. The molecule has 1 aliphatic heterocycles. The molecule has 1 N–H and O–H groups in total. The number of amides is 1. The highest BCUT2D eigenvalue weighted by Gasteiger charge is 2.24. The summed E-state index contributed by atoms with van der Waals surface area (Å²) in [5.41, 5.74) is 4.48. The molecule has 120 valence electrons. The maximum absolute atomic E-state index is 12.6. The van der Waals surface area contributed by atoms with Crippen molar-refractivity contribution in [3.8, 4) is 11.3 Å². The first-order chi connectivity index (χ1) is 9.75. The Morgan fingerprint density at radius 3 is 2.91 bits per heavy atom. The van der Waals surface area contributed by atoms with Crippen LogP contribution in [0.5, 0.6) is 0 Å². The summed E-state index contributed by atoms with van der Waals surface area (Å²) in [6.45, 7) is 4.56. The number of rotatable bonds is 2. The Kier molecular flexibility index (Phi) is 7.29. The molecule has 22 heavy (non-hydrogen) atoms. The third-order valence-corrected chi connectivity index (χ3v) is 4.19. The Labute approximate surface area is 146 Å². The van der Waals surface area contributed by atoms with Crippen LogP contribution < -0.4 is 5.32 Å². The minimum atomic E-state index is 0. The Hall–Kier alpha value is -1.14. The molecule has 1 fully saturated rings. The molecule has 1 atom stereocenters. The standard InChI is InChI=1S/C15H17N3OS.2ClH/c1-11-8-16-5-6-18(11)15(19)13-4-2-3-12(7-13)14-9-20-10-17-14;;/h2-4,7,9-11,16H,5-6,8H2,1H3;2*1H/t11-;;/m1../s1. The third-order valence-electron chi connectivity index (χ3n) is 3.60. The molecule has 1 aliphatic rings. The molecule has 0 aliphatic carbocycles. The van der Waals surface area contributed by atoms with Crippen LogP contribution in [0.4, 0.5) is 0 Å². The summed E-state index contributed by atoms with van der Waals surface area (Å²) in [6, 6.07) is 7.97. The van der Waals surface area contributed by atoms with E-state index in [1.807, 2.05) is 40.1 Å². The van der Waals surface area contributed by atoms with E-state index in [0.717, 1.165) is 36.5 Å². The van der Waals surface area contributed by atoms with Crippen molar-refractivity contribution < 1.29 is 4.79 Å². The van der Waals surface area contributed by atoms with Crippen LogP contribution >= 0.6 is 36.2 Å². The maximum Gasteiger partial charge on any atom is 0.254 e. The van der Waals surface area contributed by atoms with Gasteiger partial charge in [-0.15, -0.1) is 36.2 Å². The Morgan fingerprint density at radius 1 is 1.41 bits per heavy atom. The van der Waals surface area contributed by atoms with Gasteiger partial charge in [0, 0.05) is 42.2 Å². The van der Waals surface area contributed by atoms with Crippen LogP contribution in [0.1, 0.15) is 17.3 Å². The number of hydrogen-bond acceptors (Lipinski definition) is 4. The number of piperazine rings is 1. The highest BCUT2D eigenvalue weighted by Crippen LogP contribution is 2.21. The second-order valence-electron chi connectivity index (χ2n) is 5.01. The lowest BCUT2D eigenvalue weighted by Crippen LogP contribution is -2.52. The summed E-state index contributed by atoms with van der Waals surface area (Å²) in [7, 11) is 0. The van der Waals surface area contributed by atoms with Gasteiger partial charge in [-0.2, -0.15) is 0 Å². The molecule has 4 nitrogen and oxygen atoms in total. The number of thiazole rings is 1. The summed E-state index contributed by atoms with van der Waals surface area (Å²) in [5.74, 6) is 0.107. The van der Waals surface area contributed by atoms with Gasteiger partial charge in [0.2, 0.25) is 0 Å². The molecule has 1 aromatic heterocycles. The molecular formula is C15H19Cl2N3OS. The number of halogens is 2. The second kappa shape index (κ2) is 8.48. The van der Waals surface area contributed by atoms with Gasteiger partial charge in [-0.25, -0.2) is 4.98 Å². The Balaban J connectivity index is 0.00000121. The van der Waals surface area contributed by atoms with Crippen molar-refractivity contribution in [2.45, 2.75) is 13.0 Å². The summed E-state index contributed by atoms with van der Waals surface area (Å²) >= 11 is 1.56. The Bertz CT molecular complexity index is 607. The van der Waals surface area contributed by atoms with Gasteiger partial charge in [0.15, 0.2) is 0 Å². The molecule has 0 radical (unpaired) electrons. The summed E-state index contributed by atoms with van der Waals surface area (Å²) < 4.78 is 0. The van der Waals surface area contributed by atoms with Crippen molar-refractivity contribution in [2.75, 3.05) is 19.6 Å². The van der Waals surface area contributed by atoms with E-state index in [-0.39, 0.29) is 36.8 Å². The van der Waals surface area contributed by atoms with E-state index in [1.54, 1.807) is 11.3 Å². The number of nitrogens with zero attached hydrogens (tertiary/aromatic N) is 2. The van der Waals surface area contributed by atoms with Crippen LogP contribution in [0.15, 0.2) is 35.2 Å². The average Bonchev–Trinajstić information content (AvgIpc) is 3.01. The monoisotopic (exact) mass is 359 g/mol. The number of benzene rings is 1. The lowest BCUT2D eigenvalue weighted by molar-refractivity contribution is 0.0656. The van der Waals surface area contributed by atoms with Crippen molar-refractivity contribution in [3.05, 3.63) is 40.7 Å². The average molecular weight is 360 g/mol. The normalized spacial score (nSPS) is 17.3. The predicted molar refractivity (Wildman–Crippen MR) is 95.4 cm³/mol. The topological polar surface area (TPSA) is 45.2 Å². The van der Waals surface area contributed by atoms with Gasteiger partial charge in [0.05, 0.1) is 11.2 Å². The van der Waals surface area contributed by atoms with Gasteiger partial charge in [-0.1, -0.05) is 12.1 Å². The third kappa shape index (κ3) is 3.98. The molecule has 0 saturated carbocycles. The zero-order chi connectivity index (χ0) is 13.9. The van der Waals surface area contributed by atoms with Crippen molar-refractivity contribution in [2.24, 2.45) is 0 Å². The first-order valence-electron chi connectivity index (χ1n) is 6.76. The van der Waals surface area contributed by atoms with Crippen molar-refractivity contribution >= 4 is 42.1 Å². The summed E-state index contributed by atoms with van der Waals surface area (Å²) in [5, 5.41) is 5.30. The van der Waals surface area contributed by atoms with Crippen LogP contribution in [-0.4, -0.2) is 41.5 Å². The predicted octanol–water partition coefficient (Wildman–Crippen LogP) is 3.09. The number of nitrogens with one attached hydrogen (secondary N) is 1. The van der Waals surface area contributed by atoms with Gasteiger partial charge in [0.1, 0.15) is 0 Å². The zero-order valence-corrected chi connectivity index (χ0v) is 14.6. The fraction of sp³-hybridized carbons (Fsp3) is 0.333. The second-order valence-corrected chi connectivity index (χ2v) is 5.72. The zero-order valence-electron chi connectivity index (χ0n) is 12.2. The highest BCUT2D eigenvalue weighted by molar-refractivity contribution is 7.07. The van der Waals surface area contributed by atoms with Gasteiger partial charge < -0.3 is 10.2 Å². The minimum Gasteiger partial charge on any atom is -0.333 e. The van der Waals surface area contributed by atoms with E-state index in [2.05, 4.69) is 17.2 Å². The van der Waals surface area contributed by atoms with Gasteiger partial charge in [-0.3, -0.25) is 4.79 Å². The maximum atomic E-state index is 12.6. The van der Waals surface area contributed by atoms with Crippen molar-refractivity contribution in [1.29, 1.82) is 0 Å². The lowest BCUT2D eigenvalue weighted by Gasteiger charge is -2.34. The summed E-state index contributed by atoms with van der Waals surface area (Å²) in [6.07, 6.45) is 0. The van der Waals surface area contributed by atoms with Crippen LogP contribution in [0.25, 0.3) is 11.3 Å². The smallest absolute Gasteiger partial charge is 0.254 e. The van der Waals surface area contributed by atoms with Crippen molar-refractivity contribution in [1.82, 2.24) is 15.2 Å². The minimum absolute atomic E-state index is 0. The largest absolute Gasteiger partial charge is 0.333 e. The van der Waals surface area contributed by atoms with E-state index >= 15 is 0 Å². The molecule has 2 aromatic rings. The van der Waals surface area contributed by atoms with E-state index in [0.29, 0.717) is 0 Å². The molecular weight excluding hydrogens is 341 g/mol. The van der Waals surface area contributed by atoms with Gasteiger partial charge in [-0.05, 0) is 19.1 Å². The first kappa shape index (κ1) is 18.9. The quantitative estimate of drug-likeness (QED) is 0.895. The molecule has 0 unspecified atom stereocenters. The first-order valence-corrected chi connectivity index (χ1v) is 7.70. The summed E-state index contributed by atoms with van der Waals surface area (Å²) in [4.78, 5) is 18.9. The number of aromatic nitrogens is 1. The fourth-order valence-electron chi connectivity index (χ4n) is 2.48. The molecule has 0 bridgehead atoms. The number of hydrogen-bond donors (Lipinski definition) is 1. The lowest BCUT2D eigenvalue weighted by atomic mass is 10.1.